The summed E-state index contributed by atoms with van der Waals surface area (Å²) in [7, 11) is -4.17. The van der Waals surface area contributed by atoms with Gasteiger partial charge in [-0.15, -0.1) is 0 Å². The van der Waals surface area contributed by atoms with Crippen LogP contribution < -0.4 is 0 Å². The van der Waals surface area contributed by atoms with Crippen LogP contribution in [0.1, 0.15) is 11.1 Å². The Morgan fingerprint density at radius 2 is 1.60 bits per heavy atom. The Morgan fingerprint density at radius 3 is 2.15 bits per heavy atom. The van der Waals surface area contributed by atoms with Gasteiger partial charge in [0, 0.05) is 0 Å². The smallest absolute Gasteiger partial charge is 0.282 e. The quantitative estimate of drug-likeness (QED) is 0.686. The Hall–Kier alpha value is -2.05. The number of nitrogens with zero attached hydrogens (tertiary/aromatic N) is 2. The molecule has 104 valence electrons. The Balaban J connectivity index is 2.24. The molecule has 2 aromatic rings. The van der Waals surface area contributed by atoms with Crippen molar-refractivity contribution in [3.05, 3.63) is 53.6 Å². The molecular weight excluding hydrogens is 276 g/mol. The van der Waals surface area contributed by atoms with E-state index in [-0.39, 0.29) is 4.90 Å². The van der Waals surface area contributed by atoms with Crippen molar-refractivity contribution in [1.29, 1.82) is 0 Å². The topological polar surface area (TPSA) is 79.1 Å². The van der Waals surface area contributed by atoms with E-state index in [0.717, 1.165) is 16.8 Å². The first-order valence-electron chi connectivity index (χ1n) is 5.93. The predicted molar refractivity (Wildman–Crippen MR) is 76.3 cm³/mol. The molecule has 0 heterocycles. The zero-order valence-electron chi connectivity index (χ0n) is 11.1. The highest BCUT2D eigenvalue weighted by atomic mass is 32.2. The summed E-state index contributed by atoms with van der Waals surface area (Å²) in [6.45, 7) is 3.95. The number of benzene rings is 2. The van der Waals surface area contributed by atoms with Crippen LogP contribution in [0.3, 0.4) is 0 Å². The van der Waals surface area contributed by atoms with E-state index in [1.165, 1.54) is 24.3 Å². The second-order valence-electron chi connectivity index (χ2n) is 4.46. The molecule has 0 saturated heterocycles. The molecular formula is C14H14N2O3S. The molecule has 2 aromatic carbocycles. The van der Waals surface area contributed by atoms with Crippen LogP contribution in [-0.2, 0) is 10.1 Å². The van der Waals surface area contributed by atoms with Gasteiger partial charge in [0.15, 0.2) is 0 Å². The molecule has 1 N–H and O–H groups in total. The Morgan fingerprint density at radius 1 is 0.950 bits per heavy atom. The van der Waals surface area contributed by atoms with Crippen molar-refractivity contribution in [2.75, 3.05) is 0 Å². The van der Waals surface area contributed by atoms with Gasteiger partial charge < -0.3 is 0 Å². The van der Waals surface area contributed by atoms with Gasteiger partial charge in [-0.2, -0.15) is 18.6 Å². The number of rotatable bonds is 3. The minimum Gasteiger partial charge on any atom is -0.282 e. The van der Waals surface area contributed by atoms with E-state index >= 15 is 0 Å². The first-order chi connectivity index (χ1) is 9.36. The number of hydrogen-bond acceptors (Lipinski definition) is 4. The maximum Gasteiger partial charge on any atom is 0.294 e. The van der Waals surface area contributed by atoms with E-state index < -0.39 is 10.1 Å². The molecule has 20 heavy (non-hydrogen) atoms. The molecule has 0 aliphatic rings. The van der Waals surface area contributed by atoms with Crippen molar-refractivity contribution in [2.24, 2.45) is 10.2 Å². The molecule has 5 nitrogen and oxygen atoms in total. The zero-order chi connectivity index (χ0) is 14.8. The first kappa shape index (κ1) is 14.4. The van der Waals surface area contributed by atoms with E-state index in [0.29, 0.717) is 5.69 Å². The van der Waals surface area contributed by atoms with Gasteiger partial charge >= 0.3 is 0 Å². The van der Waals surface area contributed by atoms with Gasteiger partial charge in [-0.3, -0.25) is 4.55 Å². The highest BCUT2D eigenvalue weighted by Gasteiger charge is 2.08. The molecule has 0 atom stereocenters. The number of azo groups is 1. The normalized spacial score (nSPS) is 11.9. The summed E-state index contributed by atoms with van der Waals surface area (Å²) in [6.07, 6.45) is 0. The highest BCUT2D eigenvalue weighted by Crippen LogP contribution is 2.23. The van der Waals surface area contributed by atoms with Crippen molar-refractivity contribution in [2.45, 2.75) is 18.7 Å². The fraction of sp³-hybridized carbons (Fsp3) is 0.143. The molecule has 0 aliphatic heterocycles. The zero-order valence-corrected chi connectivity index (χ0v) is 11.9. The van der Waals surface area contributed by atoms with Gasteiger partial charge in [0.1, 0.15) is 0 Å². The van der Waals surface area contributed by atoms with Crippen LogP contribution in [0, 0.1) is 13.8 Å². The summed E-state index contributed by atoms with van der Waals surface area (Å²) in [6, 6.07) is 11.4. The molecule has 0 aliphatic carbocycles. The van der Waals surface area contributed by atoms with E-state index in [4.69, 9.17) is 4.55 Å². The molecule has 0 radical (unpaired) electrons. The molecule has 0 aromatic heterocycles. The van der Waals surface area contributed by atoms with E-state index in [1.54, 1.807) is 0 Å². The summed E-state index contributed by atoms with van der Waals surface area (Å²) in [5.74, 6) is 0. The second kappa shape index (κ2) is 5.52. The lowest BCUT2D eigenvalue weighted by Gasteiger charge is -2.00. The average Bonchev–Trinajstić information content (AvgIpc) is 2.37. The third-order valence-electron chi connectivity index (χ3n) is 2.76. The van der Waals surface area contributed by atoms with E-state index in [9.17, 15) is 8.42 Å². The van der Waals surface area contributed by atoms with Gasteiger partial charge in [-0.1, -0.05) is 17.7 Å². The van der Waals surface area contributed by atoms with Gasteiger partial charge in [0.25, 0.3) is 10.1 Å². The summed E-state index contributed by atoms with van der Waals surface area (Å²) >= 11 is 0. The van der Waals surface area contributed by atoms with Crippen LogP contribution in [0.2, 0.25) is 0 Å². The lowest BCUT2D eigenvalue weighted by molar-refractivity contribution is 0.483. The second-order valence-corrected chi connectivity index (χ2v) is 5.88. The lowest BCUT2D eigenvalue weighted by Crippen LogP contribution is -1.96. The minimum atomic E-state index is -4.17. The molecule has 0 saturated carbocycles. The van der Waals surface area contributed by atoms with E-state index in [1.807, 2.05) is 32.0 Å². The largest absolute Gasteiger partial charge is 0.294 e. The fourth-order valence-electron chi connectivity index (χ4n) is 1.71. The maximum absolute atomic E-state index is 10.9. The third kappa shape index (κ3) is 3.49. The van der Waals surface area contributed by atoms with Crippen molar-refractivity contribution >= 4 is 21.5 Å². The van der Waals surface area contributed by atoms with Crippen LogP contribution >= 0.6 is 0 Å². The molecule has 0 spiro atoms. The molecule has 0 fully saturated rings. The van der Waals surface area contributed by atoms with Gasteiger partial charge in [-0.05, 0) is 49.7 Å². The highest BCUT2D eigenvalue weighted by molar-refractivity contribution is 7.85. The minimum absolute atomic E-state index is 0.164. The molecule has 6 heteroatoms. The SMILES string of the molecule is Cc1ccc(N=Nc2ccc(S(=O)(=O)O)cc2)c(C)c1. The summed E-state index contributed by atoms with van der Waals surface area (Å²) in [4.78, 5) is -0.164. The van der Waals surface area contributed by atoms with Gasteiger partial charge in [0.05, 0.1) is 16.3 Å². The summed E-state index contributed by atoms with van der Waals surface area (Å²) in [5.41, 5.74) is 3.44. The average molecular weight is 290 g/mol. The van der Waals surface area contributed by atoms with Crippen LogP contribution in [0.4, 0.5) is 11.4 Å². The lowest BCUT2D eigenvalue weighted by atomic mass is 10.1. The van der Waals surface area contributed by atoms with Crippen molar-refractivity contribution in [3.8, 4) is 0 Å². The fourth-order valence-corrected chi connectivity index (χ4v) is 2.19. The van der Waals surface area contributed by atoms with Gasteiger partial charge in [-0.25, -0.2) is 0 Å². The van der Waals surface area contributed by atoms with Crippen molar-refractivity contribution in [3.63, 3.8) is 0 Å². The predicted octanol–water partition coefficient (Wildman–Crippen LogP) is 3.97. The van der Waals surface area contributed by atoms with Crippen LogP contribution in [0.15, 0.2) is 57.6 Å². The first-order valence-corrected chi connectivity index (χ1v) is 7.37. The number of hydrogen-bond donors (Lipinski definition) is 1. The molecule has 2 rings (SSSR count). The Labute approximate surface area is 117 Å². The van der Waals surface area contributed by atoms with Crippen molar-refractivity contribution < 1.29 is 13.0 Å². The van der Waals surface area contributed by atoms with Gasteiger partial charge in [0.2, 0.25) is 0 Å². The molecule has 0 bridgehead atoms. The Kier molecular flexibility index (Phi) is 3.96. The number of aryl methyl sites for hydroxylation is 2. The monoisotopic (exact) mass is 290 g/mol. The maximum atomic E-state index is 10.9. The van der Waals surface area contributed by atoms with Crippen LogP contribution in [0.5, 0.6) is 0 Å². The third-order valence-corrected chi connectivity index (χ3v) is 3.63. The summed E-state index contributed by atoms with van der Waals surface area (Å²) in [5, 5.41) is 8.16. The molecule has 0 unspecified atom stereocenters. The van der Waals surface area contributed by atoms with E-state index in [2.05, 4.69) is 10.2 Å². The summed E-state index contributed by atoms with van der Waals surface area (Å²) < 4.78 is 30.7. The van der Waals surface area contributed by atoms with Crippen LogP contribution in [0.25, 0.3) is 0 Å². The standard InChI is InChI=1S/C14H14N2O3S/c1-10-3-8-14(11(2)9-10)16-15-12-4-6-13(7-5-12)20(17,18)19/h3-9H,1-2H3,(H,17,18,19). The Bertz CT molecular complexity index is 750. The van der Waals surface area contributed by atoms with Crippen molar-refractivity contribution in [1.82, 2.24) is 0 Å². The molecule has 0 amide bonds. The van der Waals surface area contributed by atoms with Crippen LogP contribution in [-0.4, -0.2) is 13.0 Å².